The third-order valence-corrected chi connectivity index (χ3v) is 3.83. The van der Waals surface area contributed by atoms with E-state index < -0.39 is 0 Å². The van der Waals surface area contributed by atoms with Crippen molar-refractivity contribution in [2.45, 2.75) is 12.5 Å². The van der Waals surface area contributed by atoms with Crippen LogP contribution in [0.4, 0.5) is 5.69 Å². The maximum absolute atomic E-state index is 12.1. The van der Waals surface area contributed by atoms with Gasteiger partial charge in [0.1, 0.15) is 12.4 Å². The second kappa shape index (κ2) is 7.32. The number of ether oxygens (including phenoxy) is 1. The fourth-order valence-electron chi connectivity index (χ4n) is 2.48. The molecule has 1 aromatic carbocycles. The van der Waals surface area contributed by atoms with E-state index in [1.54, 1.807) is 32.3 Å². The van der Waals surface area contributed by atoms with Crippen LogP contribution in [0, 0.1) is 0 Å². The monoisotopic (exact) mass is 321 g/mol. The molecule has 2 amide bonds. The maximum Gasteiger partial charge on any atom is 0.253 e. The second-order valence-electron chi connectivity index (χ2n) is 5.74. The summed E-state index contributed by atoms with van der Waals surface area (Å²) in [5.41, 5.74) is 1.37. The van der Waals surface area contributed by atoms with E-state index in [0.717, 1.165) is 5.69 Å². The Labute approximate surface area is 135 Å². The van der Waals surface area contributed by atoms with E-state index in [9.17, 15) is 9.59 Å². The van der Waals surface area contributed by atoms with Gasteiger partial charge in [0.05, 0.1) is 24.8 Å². The number of hydrogen-bond donors (Lipinski definition) is 2. The minimum Gasteiger partial charge on any atom is -0.489 e. The minimum atomic E-state index is -0.136. The van der Waals surface area contributed by atoms with Crippen molar-refractivity contribution in [1.29, 1.82) is 0 Å². The Kier molecular flexibility index (Phi) is 5.44. The van der Waals surface area contributed by atoms with Crippen molar-refractivity contribution in [1.82, 2.24) is 10.2 Å². The Morgan fingerprint density at radius 3 is 2.83 bits per heavy atom. The lowest BCUT2D eigenvalue weighted by Crippen LogP contribution is -2.44. The summed E-state index contributed by atoms with van der Waals surface area (Å²) in [7, 11) is 5.29. The van der Waals surface area contributed by atoms with E-state index in [0.29, 0.717) is 17.9 Å². The van der Waals surface area contributed by atoms with Crippen molar-refractivity contribution < 1.29 is 19.4 Å². The van der Waals surface area contributed by atoms with Crippen LogP contribution >= 0.6 is 0 Å². The Balaban J connectivity index is 2.14. The van der Waals surface area contributed by atoms with Gasteiger partial charge in [-0.2, -0.15) is 0 Å². The number of nitrogens with zero attached hydrogens (tertiary/aromatic N) is 2. The molecular weight excluding hydrogens is 298 g/mol. The maximum atomic E-state index is 12.1. The van der Waals surface area contributed by atoms with Gasteiger partial charge < -0.3 is 25.0 Å². The molecule has 0 radical (unpaired) electrons. The van der Waals surface area contributed by atoms with E-state index >= 15 is 0 Å². The molecule has 0 aromatic heterocycles. The van der Waals surface area contributed by atoms with E-state index in [-0.39, 0.29) is 37.4 Å². The van der Waals surface area contributed by atoms with Gasteiger partial charge in [-0.05, 0) is 18.2 Å². The van der Waals surface area contributed by atoms with Crippen molar-refractivity contribution in [2.75, 3.05) is 45.8 Å². The number of carbonyl (C=O) groups is 2. The molecule has 0 saturated carbocycles. The molecule has 2 N–H and O–H groups in total. The zero-order valence-corrected chi connectivity index (χ0v) is 13.7. The molecule has 0 unspecified atom stereocenters. The highest BCUT2D eigenvalue weighted by Crippen LogP contribution is 2.34. The van der Waals surface area contributed by atoms with Gasteiger partial charge in [-0.1, -0.05) is 0 Å². The summed E-state index contributed by atoms with van der Waals surface area (Å²) in [4.78, 5) is 27.4. The standard InChI is InChI=1S/C16H23N3O4/c1-18(2)16(22)11-4-5-14-13(8-11)19(3)12(10-23-14)9-15(21)17-6-7-20/h4-5,8,12,20H,6-7,9-10H2,1-3H3,(H,17,21)/t12-/m0/s1. The average Bonchev–Trinajstić information content (AvgIpc) is 2.54. The number of likely N-dealkylation sites (N-methyl/N-ethyl adjacent to an activating group) is 1. The van der Waals surface area contributed by atoms with Crippen LogP contribution in [0.1, 0.15) is 16.8 Å². The lowest BCUT2D eigenvalue weighted by molar-refractivity contribution is -0.121. The molecule has 2 rings (SSSR count). The molecular formula is C16H23N3O4. The van der Waals surface area contributed by atoms with Gasteiger partial charge in [-0.25, -0.2) is 0 Å². The van der Waals surface area contributed by atoms with Gasteiger partial charge >= 0.3 is 0 Å². The van der Waals surface area contributed by atoms with Crippen molar-refractivity contribution in [2.24, 2.45) is 0 Å². The predicted molar refractivity (Wildman–Crippen MR) is 86.9 cm³/mol. The molecule has 1 aliphatic rings. The van der Waals surface area contributed by atoms with Gasteiger partial charge in [0.15, 0.2) is 0 Å². The lowest BCUT2D eigenvalue weighted by Gasteiger charge is -2.35. The summed E-state index contributed by atoms with van der Waals surface area (Å²) in [6, 6.07) is 5.19. The summed E-state index contributed by atoms with van der Waals surface area (Å²) < 4.78 is 5.71. The number of rotatable bonds is 5. The normalized spacial score (nSPS) is 16.3. The molecule has 7 nitrogen and oxygen atoms in total. The largest absolute Gasteiger partial charge is 0.489 e. The topological polar surface area (TPSA) is 82.1 Å². The lowest BCUT2D eigenvalue weighted by atomic mass is 10.1. The van der Waals surface area contributed by atoms with Crippen LogP contribution in [0.15, 0.2) is 18.2 Å². The SMILES string of the molecule is CN(C)C(=O)c1ccc2c(c1)N(C)[C@@H](CC(=O)NCCO)CO2. The highest BCUT2D eigenvalue weighted by atomic mass is 16.5. The van der Waals surface area contributed by atoms with Crippen LogP contribution < -0.4 is 15.0 Å². The first-order chi connectivity index (χ1) is 10.9. The first-order valence-electron chi connectivity index (χ1n) is 7.53. The van der Waals surface area contributed by atoms with E-state index in [1.165, 1.54) is 4.90 Å². The van der Waals surface area contributed by atoms with Gasteiger partial charge in [0, 0.05) is 33.3 Å². The molecule has 1 heterocycles. The number of fused-ring (bicyclic) bond motifs is 1. The highest BCUT2D eigenvalue weighted by molar-refractivity contribution is 5.95. The Hall–Kier alpha value is -2.28. The van der Waals surface area contributed by atoms with Crippen molar-refractivity contribution in [3.8, 4) is 5.75 Å². The number of amides is 2. The summed E-state index contributed by atoms with van der Waals surface area (Å²) in [5.74, 6) is 0.488. The van der Waals surface area contributed by atoms with Crippen molar-refractivity contribution in [3.05, 3.63) is 23.8 Å². The smallest absolute Gasteiger partial charge is 0.253 e. The quantitative estimate of drug-likeness (QED) is 0.803. The number of nitrogens with one attached hydrogen (secondary N) is 1. The molecule has 1 atom stereocenters. The summed E-state index contributed by atoms with van der Waals surface area (Å²) in [6.07, 6.45) is 0.266. The number of anilines is 1. The molecule has 1 aliphatic heterocycles. The molecule has 0 fully saturated rings. The summed E-state index contributed by atoms with van der Waals surface area (Å²) in [5, 5.41) is 11.4. The summed E-state index contributed by atoms with van der Waals surface area (Å²) >= 11 is 0. The first-order valence-corrected chi connectivity index (χ1v) is 7.53. The minimum absolute atomic E-state index is 0.0796. The van der Waals surface area contributed by atoms with Crippen LogP contribution in [0.5, 0.6) is 5.75 Å². The average molecular weight is 321 g/mol. The van der Waals surface area contributed by atoms with E-state index in [4.69, 9.17) is 9.84 Å². The number of carbonyl (C=O) groups excluding carboxylic acids is 2. The molecule has 0 aliphatic carbocycles. The van der Waals surface area contributed by atoms with E-state index in [2.05, 4.69) is 5.32 Å². The molecule has 0 saturated heterocycles. The van der Waals surface area contributed by atoms with E-state index in [1.807, 2.05) is 11.9 Å². The van der Waals surface area contributed by atoms with Gasteiger partial charge in [0.2, 0.25) is 5.91 Å². The first kappa shape index (κ1) is 17.1. The molecule has 126 valence electrons. The zero-order valence-electron chi connectivity index (χ0n) is 13.7. The molecule has 7 heteroatoms. The van der Waals surface area contributed by atoms with Gasteiger partial charge in [-0.3, -0.25) is 9.59 Å². The number of benzene rings is 1. The van der Waals surface area contributed by atoms with Crippen LogP contribution in [-0.2, 0) is 4.79 Å². The molecule has 0 spiro atoms. The molecule has 0 bridgehead atoms. The second-order valence-corrected chi connectivity index (χ2v) is 5.74. The molecule has 23 heavy (non-hydrogen) atoms. The number of aliphatic hydroxyl groups is 1. The Bertz CT molecular complexity index is 589. The third kappa shape index (κ3) is 3.92. The van der Waals surface area contributed by atoms with Crippen LogP contribution in [-0.4, -0.2) is 68.8 Å². The van der Waals surface area contributed by atoms with Crippen molar-refractivity contribution >= 4 is 17.5 Å². The van der Waals surface area contributed by atoms with Crippen molar-refractivity contribution in [3.63, 3.8) is 0 Å². The van der Waals surface area contributed by atoms with Crippen LogP contribution in [0.2, 0.25) is 0 Å². The molecule has 1 aromatic rings. The number of hydrogen-bond acceptors (Lipinski definition) is 5. The predicted octanol–water partition coefficient (Wildman–Crippen LogP) is 0.0842. The summed E-state index contributed by atoms with van der Waals surface area (Å²) in [6.45, 7) is 0.562. The van der Waals surface area contributed by atoms with Gasteiger partial charge in [-0.15, -0.1) is 0 Å². The van der Waals surface area contributed by atoms with Gasteiger partial charge in [0.25, 0.3) is 5.91 Å². The fraction of sp³-hybridized carbons (Fsp3) is 0.500. The Morgan fingerprint density at radius 1 is 1.43 bits per heavy atom. The third-order valence-electron chi connectivity index (χ3n) is 3.83. The fourth-order valence-corrected chi connectivity index (χ4v) is 2.48. The highest BCUT2D eigenvalue weighted by Gasteiger charge is 2.27. The van der Waals surface area contributed by atoms with Crippen LogP contribution in [0.25, 0.3) is 0 Å². The number of aliphatic hydroxyl groups excluding tert-OH is 1. The van der Waals surface area contributed by atoms with Crippen LogP contribution in [0.3, 0.4) is 0 Å². The zero-order chi connectivity index (χ0) is 17.0. The Morgan fingerprint density at radius 2 is 2.17 bits per heavy atom.